The summed E-state index contributed by atoms with van der Waals surface area (Å²) in [7, 11) is 0. The zero-order valence-corrected chi connectivity index (χ0v) is 59.5. The van der Waals surface area contributed by atoms with Gasteiger partial charge in [-0.1, -0.05) is 180 Å². The molecule has 10 nitrogen and oxygen atoms in total. The van der Waals surface area contributed by atoms with Crippen molar-refractivity contribution in [2.75, 3.05) is 0 Å². The normalized spacial score (nSPS) is 13.9. The first-order valence-corrected chi connectivity index (χ1v) is 30.4. The summed E-state index contributed by atoms with van der Waals surface area (Å²) in [4.78, 5) is 9.58. The number of aliphatic imine (C=N–C) groups is 2. The molecule has 0 bridgehead atoms. The van der Waals surface area contributed by atoms with E-state index in [2.05, 4.69) is 83.1 Å². The van der Waals surface area contributed by atoms with E-state index in [9.17, 15) is 10.2 Å². The van der Waals surface area contributed by atoms with Gasteiger partial charge in [0.15, 0.2) is 0 Å². The van der Waals surface area contributed by atoms with Gasteiger partial charge in [-0.3, -0.25) is 9.98 Å². The van der Waals surface area contributed by atoms with Crippen LogP contribution in [-0.2, 0) is 67.0 Å². The Labute approximate surface area is 551 Å². The number of ether oxygens (including phenoxy) is 4. The fraction of sp³-hybridized carbons (Fsp3) is 0.500. The van der Waals surface area contributed by atoms with Crippen molar-refractivity contribution in [3.63, 3.8) is 0 Å². The van der Waals surface area contributed by atoms with Gasteiger partial charge in [0, 0.05) is 24.5 Å². The molecule has 0 aliphatic rings. The molecule has 2 atom stereocenters. The number of hydrogen-bond donors (Lipinski definition) is 0. The number of rotatable bonds is 14. The smallest absolute Gasteiger partial charge is 0.872 e. The van der Waals surface area contributed by atoms with Crippen molar-refractivity contribution in [1.82, 2.24) is 0 Å². The summed E-state index contributed by atoms with van der Waals surface area (Å²) in [6.07, 6.45) is 3.05. The van der Waals surface area contributed by atoms with Gasteiger partial charge in [0.05, 0.1) is 0 Å². The second-order valence-corrected chi connectivity index (χ2v) is 31.2. The van der Waals surface area contributed by atoms with E-state index in [4.69, 9.17) is 28.9 Å². The number of para-hydroxylation sites is 2. The molecule has 6 rings (SSSR count). The molecule has 486 valence electrons. The average Bonchev–Trinajstić information content (AvgIpc) is 0.802. The van der Waals surface area contributed by atoms with Gasteiger partial charge in [-0.15, -0.1) is 11.5 Å². The predicted octanol–water partition coefficient (Wildman–Crippen LogP) is 15.6. The average molecular weight is 1300 g/mol. The third-order valence-electron chi connectivity index (χ3n) is 14.5. The summed E-state index contributed by atoms with van der Waals surface area (Å²) in [5, 5.41) is 57.3. The third-order valence-corrected chi connectivity index (χ3v) is 14.5. The van der Waals surface area contributed by atoms with Crippen LogP contribution in [-0.4, -0.2) is 46.9 Å². The molecule has 0 saturated heterocycles. The molecule has 0 fully saturated rings. The van der Waals surface area contributed by atoms with Crippen molar-refractivity contribution in [2.24, 2.45) is 9.98 Å². The van der Waals surface area contributed by atoms with Gasteiger partial charge >= 0.3 is 34.1 Å². The third kappa shape index (κ3) is 20.2. The molecule has 0 amide bonds. The monoisotopic (exact) mass is 1300 g/mol. The second kappa shape index (κ2) is 28.3. The van der Waals surface area contributed by atoms with E-state index in [1.54, 1.807) is 36.4 Å². The largest absolute Gasteiger partial charge is 2.00 e. The van der Waals surface area contributed by atoms with Crippen molar-refractivity contribution in [3.8, 4) is 34.5 Å². The molecular weight excluding hydrogens is 1200 g/mol. The number of nitrogens with zero attached hydrogens (tertiary/aromatic N) is 2. The first-order valence-electron chi connectivity index (χ1n) is 30.4. The molecule has 0 aromatic heterocycles. The van der Waals surface area contributed by atoms with Gasteiger partial charge in [-0.25, -0.2) is 0 Å². The summed E-state index contributed by atoms with van der Waals surface area (Å²) in [5.74, 6) is 1.73. The Balaban J connectivity index is 0.000000450. The van der Waals surface area contributed by atoms with E-state index in [1.807, 2.05) is 170 Å². The first kappa shape index (κ1) is 76.7. The fourth-order valence-electron chi connectivity index (χ4n) is 9.78. The SMILES string of the molecule is C[C@H](N=Cc1ccccc1[O-])C([O-])(c1cc(C(C)(C)C)ccc1OC(C)(C)C)c1cc(C(C)(C)C)ccc1OC(C)(C)C.C[C@H](N=Cc1ccccc1[O-])C([O-])(c1cc(C(C)(C)C)ccc1OC(C)(C)C)c1cc(C(C)(C)C)ccc1OC(C)(C)C.[Cu+2].[Cu+2]. The summed E-state index contributed by atoms with van der Waals surface area (Å²) < 4.78 is 26.0. The van der Waals surface area contributed by atoms with Crippen molar-refractivity contribution in [3.05, 3.63) is 177 Å². The molecule has 0 aliphatic carbocycles. The minimum Gasteiger partial charge on any atom is -0.872 e. The number of benzene rings is 6. The van der Waals surface area contributed by atoms with E-state index in [0.717, 1.165) is 22.3 Å². The maximum absolute atomic E-state index is 16.1. The molecule has 0 spiro atoms. The van der Waals surface area contributed by atoms with Crippen LogP contribution in [0.4, 0.5) is 0 Å². The Bertz CT molecular complexity index is 2970. The van der Waals surface area contributed by atoms with Crippen LogP contribution in [0.2, 0.25) is 0 Å². The van der Waals surface area contributed by atoms with Crippen molar-refractivity contribution in [1.29, 1.82) is 0 Å². The first-order chi connectivity index (χ1) is 39.0. The maximum Gasteiger partial charge on any atom is 2.00 e. The standard InChI is InChI=1S/2C38H52NO4.2Cu/c2*1-25(39-24-26-16-14-15-17-31(26)40)38(41,29-22-27(34(2,3)4)18-20-32(29)42-36(8,9)10)30-23-28(35(5,6)7)19-21-33(30)43-37(11,12)13;;/h2*14-25,40H,1-13H3;;/q2*-1;2*+2/p-2/t2*25-;;/m00../s1. The van der Waals surface area contributed by atoms with E-state index >= 15 is 10.2 Å². The van der Waals surface area contributed by atoms with Crippen molar-refractivity contribution in [2.45, 2.75) is 247 Å². The minimum atomic E-state index is -1.95. The molecule has 0 saturated carbocycles. The van der Waals surface area contributed by atoms with E-state index < -0.39 is 45.7 Å². The Morgan fingerprint density at radius 2 is 0.534 bits per heavy atom. The summed E-state index contributed by atoms with van der Waals surface area (Å²) in [6, 6.07) is 35.4. The molecule has 0 aliphatic heterocycles. The van der Waals surface area contributed by atoms with E-state index in [0.29, 0.717) is 56.4 Å². The van der Waals surface area contributed by atoms with Gasteiger partial charge in [-0.2, -0.15) is 0 Å². The van der Waals surface area contributed by atoms with Crippen LogP contribution in [0.25, 0.3) is 0 Å². The van der Waals surface area contributed by atoms with E-state index in [-0.39, 0.29) is 67.3 Å². The van der Waals surface area contributed by atoms with Gasteiger partial charge in [0.25, 0.3) is 0 Å². The van der Waals surface area contributed by atoms with Gasteiger partial charge < -0.3 is 39.4 Å². The van der Waals surface area contributed by atoms with Gasteiger partial charge in [0.2, 0.25) is 0 Å². The topological polar surface area (TPSA) is 154 Å². The molecule has 0 heterocycles. The second-order valence-electron chi connectivity index (χ2n) is 31.2. The Morgan fingerprint density at radius 1 is 0.330 bits per heavy atom. The molecule has 88 heavy (non-hydrogen) atoms. The molecule has 6 aromatic carbocycles. The fourth-order valence-corrected chi connectivity index (χ4v) is 9.78. The van der Waals surface area contributed by atoms with Crippen molar-refractivity contribution < 1.29 is 73.5 Å². The molecular formula is C76H102Cu2N2O8. The zero-order valence-electron chi connectivity index (χ0n) is 57.6. The molecule has 0 unspecified atom stereocenters. The van der Waals surface area contributed by atoms with Crippen LogP contribution < -0.4 is 39.4 Å². The van der Waals surface area contributed by atoms with Crippen LogP contribution in [0, 0.1) is 0 Å². The van der Waals surface area contributed by atoms with Crippen LogP contribution in [0.1, 0.15) is 236 Å². The Morgan fingerprint density at radius 3 is 0.716 bits per heavy atom. The molecule has 6 aromatic rings. The van der Waals surface area contributed by atoms with Crippen LogP contribution >= 0.6 is 0 Å². The minimum absolute atomic E-state index is 0. The van der Waals surface area contributed by atoms with Crippen LogP contribution in [0.5, 0.6) is 34.5 Å². The molecule has 2 radical (unpaired) electrons. The van der Waals surface area contributed by atoms with Crippen molar-refractivity contribution >= 4 is 12.4 Å². The Kier molecular flexibility index (Phi) is 24.6. The van der Waals surface area contributed by atoms with Crippen LogP contribution in [0.15, 0.2) is 131 Å². The molecule has 0 N–H and O–H groups in total. The zero-order chi connectivity index (χ0) is 65.2. The maximum atomic E-state index is 16.1. The van der Waals surface area contributed by atoms with Gasteiger partial charge in [0.1, 0.15) is 45.4 Å². The van der Waals surface area contributed by atoms with Crippen LogP contribution in [0.3, 0.4) is 0 Å². The number of hydrogen-bond acceptors (Lipinski definition) is 10. The molecule has 12 heteroatoms. The summed E-state index contributed by atoms with van der Waals surface area (Å²) >= 11 is 0. The van der Waals surface area contributed by atoms with E-state index in [1.165, 1.54) is 24.6 Å². The predicted molar refractivity (Wildman–Crippen MR) is 350 cm³/mol. The van der Waals surface area contributed by atoms with Gasteiger partial charge in [-0.05, 0) is 210 Å². The Hall–Kier alpha value is -5.58. The summed E-state index contributed by atoms with van der Waals surface area (Å²) in [6.45, 7) is 52.9. The summed E-state index contributed by atoms with van der Waals surface area (Å²) in [5.41, 5.74) is -0.132. The quantitative estimate of drug-likeness (QED) is 0.0771.